The van der Waals surface area contributed by atoms with E-state index in [9.17, 15) is 5.21 Å². The number of oxime groups is 1. The first-order chi connectivity index (χ1) is 6.99. The monoisotopic (exact) mass is 213 g/mol. The Hall–Kier alpha value is -0.530. The quantitative estimate of drug-likeness (QED) is 0.401. The molecule has 1 N–H and O–H groups in total. The highest BCUT2D eigenvalue weighted by atomic mass is 16.4. The summed E-state index contributed by atoms with van der Waals surface area (Å²) in [6, 6.07) is 0. The third-order valence-corrected chi connectivity index (χ3v) is 3.36. The van der Waals surface area contributed by atoms with Crippen molar-refractivity contribution in [1.29, 1.82) is 0 Å². The van der Waals surface area contributed by atoms with Gasteiger partial charge in [-0.3, -0.25) is 0 Å². The second-order valence-corrected chi connectivity index (χ2v) is 5.04. The summed E-state index contributed by atoms with van der Waals surface area (Å²) in [4.78, 5) is 0. The second kappa shape index (κ2) is 6.86. The van der Waals surface area contributed by atoms with Crippen LogP contribution in [0.1, 0.15) is 54.4 Å². The van der Waals surface area contributed by atoms with Gasteiger partial charge in [0, 0.05) is 11.8 Å². The van der Waals surface area contributed by atoms with Crippen molar-refractivity contribution in [3.8, 4) is 0 Å². The van der Waals surface area contributed by atoms with Crippen LogP contribution >= 0.6 is 0 Å². The maximum absolute atomic E-state index is 9.21. The van der Waals surface area contributed by atoms with Gasteiger partial charge in [0.05, 0.1) is 5.71 Å². The van der Waals surface area contributed by atoms with E-state index >= 15 is 0 Å². The van der Waals surface area contributed by atoms with Crippen molar-refractivity contribution in [2.75, 3.05) is 0 Å². The molecule has 0 bridgehead atoms. The lowest BCUT2D eigenvalue weighted by molar-refractivity contribution is 0.295. The maximum Gasteiger partial charge on any atom is 0.0637 e. The first kappa shape index (κ1) is 14.5. The van der Waals surface area contributed by atoms with E-state index in [1.165, 1.54) is 0 Å². The highest BCUT2D eigenvalue weighted by Gasteiger charge is 2.27. The van der Waals surface area contributed by atoms with E-state index in [1.54, 1.807) is 0 Å². The van der Waals surface area contributed by atoms with E-state index < -0.39 is 0 Å². The number of hydrogen-bond donors (Lipinski definition) is 1. The predicted octanol–water partition coefficient (Wildman–Crippen LogP) is 4.18. The predicted molar refractivity (Wildman–Crippen MR) is 66.5 cm³/mol. The lowest BCUT2D eigenvalue weighted by Crippen LogP contribution is -2.30. The highest BCUT2D eigenvalue weighted by Crippen LogP contribution is 2.27. The number of rotatable bonds is 6. The average molecular weight is 213 g/mol. The lowest BCUT2D eigenvalue weighted by atomic mass is 9.77. The van der Waals surface area contributed by atoms with Crippen LogP contribution in [0.3, 0.4) is 0 Å². The number of nitrogens with zero attached hydrogens (tertiary/aromatic N) is 1. The molecule has 0 heterocycles. The van der Waals surface area contributed by atoms with Crippen molar-refractivity contribution in [3.63, 3.8) is 0 Å². The Kier molecular flexibility index (Phi) is 6.62. The summed E-state index contributed by atoms with van der Waals surface area (Å²) in [5, 5.41) is 12.8. The van der Waals surface area contributed by atoms with Crippen LogP contribution in [0.4, 0.5) is 0 Å². The molecular formula is C13H27NO. The first-order valence-corrected chi connectivity index (χ1v) is 6.21. The second-order valence-electron chi connectivity index (χ2n) is 5.04. The van der Waals surface area contributed by atoms with Gasteiger partial charge in [-0.1, -0.05) is 46.7 Å². The Morgan fingerprint density at radius 1 is 0.933 bits per heavy atom. The molecule has 15 heavy (non-hydrogen) atoms. The molecule has 0 aliphatic heterocycles. The van der Waals surface area contributed by atoms with Crippen LogP contribution in [-0.4, -0.2) is 10.9 Å². The van der Waals surface area contributed by atoms with Gasteiger partial charge in [-0.05, 0) is 24.7 Å². The van der Waals surface area contributed by atoms with Gasteiger partial charge in [-0.25, -0.2) is 0 Å². The first-order valence-electron chi connectivity index (χ1n) is 6.21. The summed E-state index contributed by atoms with van der Waals surface area (Å²) in [7, 11) is 0. The minimum Gasteiger partial charge on any atom is -0.411 e. The molecule has 2 heteroatoms. The molecule has 0 aromatic carbocycles. The summed E-state index contributed by atoms with van der Waals surface area (Å²) in [5.74, 6) is 1.94. The van der Waals surface area contributed by atoms with Crippen LogP contribution in [0.5, 0.6) is 0 Å². The zero-order valence-corrected chi connectivity index (χ0v) is 11.1. The largest absolute Gasteiger partial charge is 0.411 e. The van der Waals surface area contributed by atoms with Crippen molar-refractivity contribution in [1.82, 2.24) is 0 Å². The molecule has 90 valence electrons. The molecule has 0 spiro atoms. The fourth-order valence-electron chi connectivity index (χ4n) is 2.47. The van der Waals surface area contributed by atoms with Crippen LogP contribution in [0, 0.1) is 23.7 Å². The van der Waals surface area contributed by atoms with Gasteiger partial charge in [0.15, 0.2) is 0 Å². The minimum atomic E-state index is 0.419. The molecule has 0 amide bonds. The molecule has 0 aromatic rings. The smallest absolute Gasteiger partial charge is 0.0637 e. The van der Waals surface area contributed by atoms with E-state index in [1.807, 2.05) is 0 Å². The molecule has 0 aromatic heterocycles. The fraction of sp³-hybridized carbons (Fsp3) is 0.923. The summed E-state index contributed by atoms with van der Waals surface area (Å²) in [6.45, 7) is 13.1. The summed E-state index contributed by atoms with van der Waals surface area (Å²) >= 11 is 0. The lowest BCUT2D eigenvalue weighted by Gasteiger charge is -2.28. The Balaban J connectivity index is 4.87. The molecule has 2 atom stereocenters. The average Bonchev–Trinajstić information content (AvgIpc) is 2.16. The molecule has 0 aliphatic carbocycles. The van der Waals surface area contributed by atoms with E-state index in [0.717, 1.165) is 18.6 Å². The molecule has 2 unspecified atom stereocenters. The molecule has 0 fully saturated rings. The van der Waals surface area contributed by atoms with Crippen molar-refractivity contribution in [2.45, 2.75) is 54.4 Å². The normalized spacial score (nSPS) is 15.5. The van der Waals surface area contributed by atoms with Crippen molar-refractivity contribution in [3.05, 3.63) is 0 Å². The van der Waals surface area contributed by atoms with Crippen molar-refractivity contribution < 1.29 is 5.21 Å². The van der Waals surface area contributed by atoms with Gasteiger partial charge in [0.25, 0.3) is 0 Å². The Morgan fingerprint density at radius 3 is 1.40 bits per heavy atom. The SMILES string of the molecule is CCC(C(=NO)C(CC)C(C)C)C(C)C. The van der Waals surface area contributed by atoms with Gasteiger partial charge >= 0.3 is 0 Å². The van der Waals surface area contributed by atoms with Crippen molar-refractivity contribution in [2.24, 2.45) is 28.8 Å². The topological polar surface area (TPSA) is 32.6 Å². The van der Waals surface area contributed by atoms with Gasteiger partial charge in [0.1, 0.15) is 0 Å². The van der Waals surface area contributed by atoms with Crippen LogP contribution in [-0.2, 0) is 0 Å². The number of hydrogen-bond acceptors (Lipinski definition) is 2. The molecular weight excluding hydrogens is 186 g/mol. The van der Waals surface area contributed by atoms with Crippen LogP contribution < -0.4 is 0 Å². The third kappa shape index (κ3) is 3.84. The van der Waals surface area contributed by atoms with Crippen LogP contribution in [0.15, 0.2) is 5.16 Å². The zero-order chi connectivity index (χ0) is 12.0. The molecule has 2 nitrogen and oxygen atoms in total. The van der Waals surface area contributed by atoms with Gasteiger partial charge < -0.3 is 5.21 Å². The Morgan fingerprint density at radius 2 is 1.27 bits per heavy atom. The van der Waals surface area contributed by atoms with E-state index in [0.29, 0.717) is 23.7 Å². The van der Waals surface area contributed by atoms with Crippen LogP contribution in [0.2, 0.25) is 0 Å². The van der Waals surface area contributed by atoms with Crippen LogP contribution in [0.25, 0.3) is 0 Å². The summed E-state index contributed by atoms with van der Waals surface area (Å²) in [5.41, 5.74) is 1.00. The maximum atomic E-state index is 9.21. The molecule has 0 rings (SSSR count). The third-order valence-electron chi connectivity index (χ3n) is 3.36. The van der Waals surface area contributed by atoms with Gasteiger partial charge in [0.2, 0.25) is 0 Å². The molecule has 0 radical (unpaired) electrons. The van der Waals surface area contributed by atoms with Crippen molar-refractivity contribution >= 4 is 5.71 Å². The standard InChI is InChI=1S/C13H27NO/c1-7-11(9(3)4)13(14-15)12(8-2)10(5)6/h9-12,15H,7-8H2,1-6H3. The Labute approximate surface area is 94.8 Å². The van der Waals surface area contributed by atoms with Gasteiger partial charge in [-0.15, -0.1) is 0 Å². The van der Waals surface area contributed by atoms with Gasteiger partial charge in [-0.2, -0.15) is 0 Å². The summed E-state index contributed by atoms with van der Waals surface area (Å²) < 4.78 is 0. The molecule has 0 aliphatic rings. The molecule has 0 saturated heterocycles. The summed E-state index contributed by atoms with van der Waals surface area (Å²) in [6.07, 6.45) is 2.11. The molecule has 0 saturated carbocycles. The minimum absolute atomic E-state index is 0.419. The Bertz CT molecular complexity index is 179. The fourth-order valence-corrected chi connectivity index (χ4v) is 2.47. The van der Waals surface area contributed by atoms with E-state index in [4.69, 9.17) is 0 Å². The van der Waals surface area contributed by atoms with E-state index in [2.05, 4.69) is 46.7 Å². The van der Waals surface area contributed by atoms with E-state index in [-0.39, 0.29) is 0 Å². The zero-order valence-electron chi connectivity index (χ0n) is 11.1. The highest BCUT2D eigenvalue weighted by molar-refractivity contribution is 5.88.